The maximum Gasteiger partial charge on any atom is 0.109 e. The number of aryl methyl sites for hydroxylation is 1. The summed E-state index contributed by atoms with van der Waals surface area (Å²) in [7, 11) is 0. The van der Waals surface area contributed by atoms with Crippen molar-refractivity contribution in [1.29, 1.82) is 0 Å². The van der Waals surface area contributed by atoms with Crippen LogP contribution in [-0.2, 0) is 6.42 Å². The molecule has 102 valence electrons. The molecule has 1 aromatic carbocycles. The molecular formula is C15H21N3O. The number of nitrogen functional groups attached to an aromatic ring is 1. The smallest absolute Gasteiger partial charge is 0.109 e. The van der Waals surface area contributed by atoms with E-state index in [1.54, 1.807) is 0 Å². The maximum absolute atomic E-state index is 9.97. The van der Waals surface area contributed by atoms with Crippen LogP contribution in [0.1, 0.15) is 39.1 Å². The minimum Gasteiger partial charge on any atom is -0.399 e. The van der Waals surface area contributed by atoms with Gasteiger partial charge >= 0.3 is 0 Å². The molecule has 2 aromatic rings. The third-order valence-electron chi connectivity index (χ3n) is 4.58. The fourth-order valence-corrected chi connectivity index (χ4v) is 3.08. The molecule has 0 bridgehead atoms. The summed E-state index contributed by atoms with van der Waals surface area (Å²) in [5, 5.41) is 9.97. The zero-order chi connectivity index (χ0) is 13.8. The van der Waals surface area contributed by atoms with Crippen molar-refractivity contribution in [1.82, 2.24) is 9.55 Å². The first-order chi connectivity index (χ1) is 8.95. The predicted octanol–water partition coefficient (Wildman–Crippen LogP) is 2.51. The van der Waals surface area contributed by atoms with Gasteiger partial charge in [-0.3, -0.25) is 0 Å². The molecule has 4 nitrogen and oxygen atoms in total. The maximum atomic E-state index is 9.97. The summed E-state index contributed by atoms with van der Waals surface area (Å²) in [6.45, 7) is 6.35. The van der Waals surface area contributed by atoms with Gasteiger partial charge in [0, 0.05) is 23.6 Å². The third-order valence-corrected chi connectivity index (χ3v) is 4.58. The molecule has 2 atom stereocenters. The predicted molar refractivity (Wildman–Crippen MR) is 77.0 cm³/mol. The van der Waals surface area contributed by atoms with E-state index in [9.17, 15) is 5.11 Å². The average molecular weight is 259 g/mol. The molecule has 1 aliphatic carbocycles. The van der Waals surface area contributed by atoms with Gasteiger partial charge in [0.15, 0.2) is 0 Å². The van der Waals surface area contributed by atoms with E-state index in [-0.39, 0.29) is 11.5 Å². The van der Waals surface area contributed by atoms with Gasteiger partial charge in [0.2, 0.25) is 0 Å². The molecule has 0 saturated heterocycles. The molecule has 3 rings (SSSR count). The largest absolute Gasteiger partial charge is 0.399 e. The summed E-state index contributed by atoms with van der Waals surface area (Å²) < 4.78 is 2.29. The van der Waals surface area contributed by atoms with Crippen LogP contribution in [0.2, 0.25) is 0 Å². The van der Waals surface area contributed by atoms with Gasteiger partial charge in [-0.05, 0) is 24.6 Å². The van der Waals surface area contributed by atoms with Crippen LogP contribution in [0.25, 0.3) is 11.0 Å². The summed E-state index contributed by atoms with van der Waals surface area (Å²) in [5.41, 5.74) is 8.55. The topological polar surface area (TPSA) is 64.1 Å². The zero-order valence-electron chi connectivity index (χ0n) is 11.7. The number of aliphatic hydroxyl groups excluding tert-OH is 1. The minimum absolute atomic E-state index is 0.0983. The Hall–Kier alpha value is -1.55. The Balaban J connectivity index is 2.17. The molecule has 19 heavy (non-hydrogen) atoms. The van der Waals surface area contributed by atoms with Crippen molar-refractivity contribution in [3.63, 3.8) is 0 Å². The SMILES string of the molecule is CCc1nc2cc(N)ccc2n1C1CC(O)C1(C)C. The van der Waals surface area contributed by atoms with Gasteiger partial charge in [-0.1, -0.05) is 20.8 Å². The van der Waals surface area contributed by atoms with Crippen molar-refractivity contribution in [3.05, 3.63) is 24.0 Å². The number of aliphatic hydroxyl groups is 1. The lowest BCUT2D eigenvalue weighted by molar-refractivity contribution is -0.0886. The third kappa shape index (κ3) is 1.66. The normalized spacial score (nSPS) is 25.5. The number of rotatable bonds is 2. The second kappa shape index (κ2) is 3.97. The fraction of sp³-hybridized carbons (Fsp3) is 0.533. The standard InChI is InChI=1S/C15H21N3O/c1-4-14-17-10-7-9(16)5-6-11(10)18(14)12-8-13(19)15(12,2)3/h5-7,12-13,19H,4,8,16H2,1-3H3. The Labute approximate surface area is 113 Å². The number of nitrogens with zero attached hydrogens (tertiary/aromatic N) is 2. The molecule has 1 fully saturated rings. The highest BCUT2D eigenvalue weighted by Gasteiger charge is 2.49. The first kappa shape index (κ1) is 12.5. The van der Waals surface area contributed by atoms with Crippen molar-refractivity contribution in [2.75, 3.05) is 5.73 Å². The lowest BCUT2D eigenvalue weighted by Crippen LogP contribution is -2.50. The van der Waals surface area contributed by atoms with Crippen molar-refractivity contribution in [2.45, 2.75) is 45.8 Å². The summed E-state index contributed by atoms with van der Waals surface area (Å²) in [6, 6.07) is 6.19. The van der Waals surface area contributed by atoms with Crippen molar-refractivity contribution < 1.29 is 5.11 Å². The van der Waals surface area contributed by atoms with Gasteiger partial charge in [0.25, 0.3) is 0 Å². The van der Waals surface area contributed by atoms with Crippen LogP contribution < -0.4 is 5.73 Å². The van der Waals surface area contributed by atoms with Crippen molar-refractivity contribution in [2.24, 2.45) is 5.41 Å². The van der Waals surface area contributed by atoms with E-state index in [1.165, 1.54) is 0 Å². The lowest BCUT2D eigenvalue weighted by Gasteiger charge is -2.50. The van der Waals surface area contributed by atoms with Crippen LogP contribution in [0.15, 0.2) is 18.2 Å². The number of imidazole rings is 1. The number of benzene rings is 1. The molecule has 1 aromatic heterocycles. The van der Waals surface area contributed by atoms with Gasteiger partial charge < -0.3 is 15.4 Å². The molecule has 2 unspecified atom stereocenters. The van der Waals surface area contributed by atoms with Gasteiger partial charge in [0.05, 0.1) is 17.1 Å². The van der Waals surface area contributed by atoms with Crippen LogP contribution >= 0.6 is 0 Å². The van der Waals surface area contributed by atoms with E-state index in [2.05, 4.69) is 30.3 Å². The van der Waals surface area contributed by atoms with Crippen molar-refractivity contribution >= 4 is 16.7 Å². The Morgan fingerprint density at radius 1 is 1.47 bits per heavy atom. The minimum atomic E-state index is -0.228. The Morgan fingerprint density at radius 2 is 2.21 bits per heavy atom. The van der Waals surface area contributed by atoms with Gasteiger partial charge in [-0.25, -0.2) is 4.98 Å². The second-order valence-electron chi connectivity index (χ2n) is 6.09. The van der Waals surface area contributed by atoms with Gasteiger partial charge in [-0.2, -0.15) is 0 Å². The van der Waals surface area contributed by atoms with E-state index >= 15 is 0 Å². The summed E-state index contributed by atoms with van der Waals surface area (Å²) in [6.07, 6.45) is 1.46. The molecule has 1 aliphatic rings. The number of aromatic nitrogens is 2. The number of hydrogen-bond donors (Lipinski definition) is 2. The van der Waals surface area contributed by atoms with Gasteiger partial charge in [-0.15, -0.1) is 0 Å². The van der Waals surface area contributed by atoms with E-state index in [0.717, 1.165) is 35.4 Å². The van der Waals surface area contributed by atoms with Crippen molar-refractivity contribution in [3.8, 4) is 0 Å². The first-order valence-electron chi connectivity index (χ1n) is 6.89. The monoisotopic (exact) mass is 259 g/mol. The molecule has 1 saturated carbocycles. The number of anilines is 1. The van der Waals surface area contributed by atoms with Crippen LogP contribution in [0, 0.1) is 5.41 Å². The zero-order valence-corrected chi connectivity index (χ0v) is 11.7. The Bertz CT molecular complexity index is 630. The highest BCUT2D eigenvalue weighted by molar-refractivity contribution is 5.80. The quantitative estimate of drug-likeness (QED) is 0.814. The van der Waals surface area contributed by atoms with Crippen LogP contribution in [-0.4, -0.2) is 20.8 Å². The molecule has 1 heterocycles. The van der Waals surface area contributed by atoms with Crippen LogP contribution in [0.5, 0.6) is 0 Å². The fourth-order valence-electron chi connectivity index (χ4n) is 3.08. The van der Waals surface area contributed by atoms with E-state index < -0.39 is 0 Å². The Morgan fingerprint density at radius 3 is 2.79 bits per heavy atom. The summed E-state index contributed by atoms with van der Waals surface area (Å²) in [5.74, 6) is 1.07. The number of hydrogen-bond acceptors (Lipinski definition) is 3. The second-order valence-corrected chi connectivity index (χ2v) is 6.09. The molecule has 3 N–H and O–H groups in total. The molecular weight excluding hydrogens is 238 g/mol. The first-order valence-corrected chi connectivity index (χ1v) is 6.89. The van der Waals surface area contributed by atoms with Crippen LogP contribution in [0.3, 0.4) is 0 Å². The average Bonchev–Trinajstić information content (AvgIpc) is 2.72. The van der Waals surface area contributed by atoms with E-state index in [4.69, 9.17) is 5.73 Å². The van der Waals surface area contributed by atoms with E-state index in [1.807, 2.05) is 18.2 Å². The molecule has 0 aliphatic heterocycles. The summed E-state index contributed by atoms with van der Waals surface area (Å²) in [4.78, 5) is 4.69. The molecule has 4 heteroatoms. The van der Waals surface area contributed by atoms with Crippen LogP contribution in [0.4, 0.5) is 5.69 Å². The van der Waals surface area contributed by atoms with E-state index in [0.29, 0.717) is 6.04 Å². The molecule has 0 radical (unpaired) electrons. The summed E-state index contributed by atoms with van der Waals surface area (Å²) >= 11 is 0. The Kier molecular flexibility index (Phi) is 2.61. The lowest BCUT2D eigenvalue weighted by atomic mass is 9.64. The highest BCUT2D eigenvalue weighted by Crippen LogP contribution is 2.51. The molecule has 0 amide bonds. The number of nitrogens with two attached hydrogens (primary N) is 1. The van der Waals surface area contributed by atoms with Gasteiger partial charge in [0.1, 0.15) is 5.82 Å². The number of fused-ring (bicyclic) bond motifs is 1. The highest BCUT2D eigenvalue weighted by atomic mass is 16.3. The molecule has 0 spiro atoms.